The van der Waals surface area contributed by atoms with Crippen LogP contribution in [0.3, 0.4) is 0 Å². The molecule has 0 saturated carbocycles. The van der Waals surface area contributed by atoms with Crippen molar-refractivity contribution in [1.82, 2.24) is 0 Å². The summed E-state index contributed by atoms with van der Waals surface area (Å²) in [6.45, 7) is 3.81. The van der Waals surface area contributed by atoms with Crippen molar-refractivity contribution in [1.29, 1.82) is 0 Å². The molecule has 1 amide bonds. The number of anilines is 1. The highest BCUT2D eigenvalue weighted by molar-refractivity contribution is 9.10. The molecule has 0 bridgehead atoms. The first-order chi connectivity index (χ1) is 9.86. The topological polar surface area (TPSA) is 38.3 Å². The SMILES string of the molecule is Cc1cc(Br)c(OC(=O)Nc2ccc(F)cc2F)cc1C. The van der Waals surface area contributed by atoms with Crippen LogP contribution >= 0.6 is 15.9 Å². The summed E-state index contributed by atoms with van der Waals surface area (Å²) >= 11 is 3.29. The molecule has 1 N–H and O–H groups in total. The number of halogens is 3. The third-order valence-electron chi connectivity index (χ3n) is 2.92. The zero-order valence-corrected chi connectivity index (χ0v) is 12.9. The molecule has 3 nitrogen and oxygen atoms in total. The summed E-state index contributed by atoms with van der Waals surface area (Å²) in [6.07, 6.45) is -0.857. The monoisotopic (exact) mass is 355 g/mol. The summed E-state index contributed by atoms with van der Waals surface area (Å²) in [5, 5.41) is 2.22. The number of benzene rings is 2. The molecular weight excluding hydrogens is 344 g/mol. The highest BCUT2D eigenvalue weighted by atomic mass is 79.9. The fourth-order valence-corrected chi connectivity index (χ4v) is 2.20. The van der Waals surface area contributed by atoms with Gasteiger partial charge in [0.25, 0.3) is 0 Å². The normalized spacial score (nSPS) is 10.3. The van der Waals surface area contributed by atoms with Crippen LogP contribution in [0.25, 0.3) is 0 Å². The number of nitrogens with one attached hydrogen (secondary N) is 1. The molecule has 0 aliphatic carbocycles. The van der Waals surface area contributed by atoms with Crippen LogP contribution in [0, 0.1) is 25.5 Å². The van der Waals surface area contributed by atoms with E-state index in [0.717, 1.165) is 23.3 Å². The first-order valence-electron chi connectivity index (χ1n) is 6.07. The molecule has 0 aliphatic rings. The van der Waals surface area contributed by atoms with E-state index < -0.39 is 17.7 Å². The van der Waals surface area contributed by atoms with Gasteiger partial charge in [-0.1, -0.05) is 0 Å². The maximum Gasteiger partial charge on any atom is 0.417 e. The molecule has 110 valence electrons. The Morgan fingerprint density at radius 3 is 2.48 bits per heavy atom. The van der Waals surface area contributed by atoms with Crippen molar-refractivity contribution in [2.24, 2.45) is 0 Å². The lowest BCUT2D eigenvalue weighted by Gasteiger charge is -2.10. The average molecular weight is 356 g/mol. The van der Waals surface area contributed by atoms with Gasteiger partial charge in [-0.3, -0.25) is 5.32 Å². The zero-order chi connectivity index (χ0) is 15.6. The molecule has 0 spiro atoms. The smallest absolute Gasteiger partial charge is 0.409 e. The number of carbonyl (C=O) groups excluding carboxylic acids is 1. The van der Waals surface area contributed by atoms with Gasteiger partial charge in [-0.15, -0.1) is 0 Å². The van der Waals surface area contributed by atoms with E-state index >= 15 is 0 Å². The van der Waals surface area contributed by atoms with Crippen molar-refractivity contribution in [3.63, 3.8) is 0 Å². The Balaban J connectivity index is 2.13. The number of carbonyl (C=O) groups is 1. The molecule has 21 heavy (non-hydrogen) atoms. The van der Waals surface area contributed by atoms with E-state index in [1.165, 1.54) is 0 Å². The van der Waals surface area contributed by atoms with Gasteiger partial charge < -0.3 is 4.74 Å². The predicted molar refractivity (Wildman–Crippen MR) is 79.6 cm³/mol. The number of hydrogen-bond donors (Lipinski definition) is 1. The Morgan fingerprint density at radius 2 is 1.81 bits per heavy atom. The van der Waals surface area contributed by atoms with Gasteiger partial charge in [-0.2, -0.15) is 0 Å². The predicted octanol–water partition coefficient (Wildman–Crippen LogP) is 4.96. The van der Waals surface area contributed by atoms with E-state index in [1.807, 2.05) is 19.9 Å². The highest BCUT2D eigenvalue weighted by Gasteiger charge is 2.12. The van der Waals surface area contributed by atoms with Crippen molar-refractivity contribution in [2.75, 3.05) is 5.32 Å². The quantitative estimate of drug-likeness (QED) is 0.827. The van der Waals surface area contributed by atoms with Crippen molar-refractivity contribution < 1.29 is 18.3 Å². The highest BCUT2D eigenvalue weighted by Crippen LogP contribution is 2.28. The second-order valence-electron chi connectivity index (χ2n) is 4.51. The third kappa shape index (κ3) is 3.78. The first-order valence-corrected chi connectivity index (χ1v) is 6.87. The molecule has 0 aliphatic heterocycles. The van der Waals surface area contributed by atoms with Gasteiger partial charge in [0.1, 0.15) is 17.4 Å². The van der Waals surface area contributed by atoms with Crippen LogP contribution in [0.4, 0.5) is 19.3 Å². The van der Waals surface area contributed by atoms with Crippen LogP contribution in [0.5, 0.6) is 5.75 Å². The maximum atomic E-state index is 13.4. The average Bonchev–Trinajstić information content (AvgIpc) is 2.39. The molecule has 2 aromatic rings. The lowest BCUT2D eigenvalue weighted by Crippen LogP contribution is -2.18. The van der Waals surface area contributed by atoms with Gasteiger partial charge in [0.05, 0.1) is 10.2 Å². The Labute approximate surface area is 129 Å². The minimum absolute atomic E-state index is 0.152. The van der Waals surface area contributed by atoms with Gasteiger partial charge in [0, 0.05) is 6.07 Å². The van der Waals surface area contributed by atoms with E-state index in [-0.39, 0.29) is 5.69 Å². The van der Waals surface area contributed by atoms with Crippen LogP contribution in [0.1, 0.15) is 11.1 Å². The molecule has 0 heterocycles. The largest absolute Gasteiger partial charge is 0.417 e. The van der Waals surface area contributed by atoms with Crippen LogP contribution in [-0.2, 0) is 0 Å². The lowest BCUT2D eigenvalue weighted by molar-refractivity contribution is 0.214. The van der Waals surface area contributed by atoms with E-state index in [0.29, 0.717) is 16.3 Å². The minimum Gasteiger partial charge on any atom is -0.409 e. The molecule has 2 aromatic carbocycles. The van der Waals surface area contributed by atoms with Crippen molar-refractivity contribution in [3.8, 4) is 5.75 Å². The standard InChI is InChI=1S/C15H12BrF2NO2/c1-8-5-11(16)14(6-9(8)2)21-15(20)19-13-4-3-10(17)7-12(13)18/h3-7H,1-2H3,(H,19,20). The molecule has 0 unspecified atom stereocenters. The van der Waals surface area contributed by atoms with Gasteiger partial charge in [0.15, 0.2) is 0 Å². The van der Waals surface area contributed by atoms with E-state index in [1.54, 1.807) is 6.07 Å². The molecule has 0 aromatic heterocycles. The number of amides is 1. The summed E-state index contributed by atoms with van der Waals surface area (Å²) in [6, 6.07) is 6.37. The van der Waals surface area contributed by atoms with Gasteiger partial charge >= 0.3 is 6.09 Å². The van der Waals surface area contributed by atoms with Crippen molar-refractivity contribution in [2.45, 2.75) is 13.8 Å². The Bertz CT molecular complexity index is 704. The number of rotatable bonds is 2. The Kier molecular flexibility index (Phi) is 4.57. The van der Waals surface area contributed by atoms with Crippen molar-refractivity contribution >= 4 is 27.7 Å². The van der Waals surface area contributed by atoms with E-state index in [9.17, 15) is 13.6 Å². The number of hydrogen-bond acceptors (Lipinski definition) is 2. The molecule has 6 heteroatoms. The van der Waals surface area contributed by atoms with Gasteiger partial charge in [0.2, 0.25) is 0 Å². The summed E-state index contributed by atoms with van der Waals surface area (Å²) in [7, 11) is 0. The second kappa shape index (κ2) is 6.22. The van der Waals surface area contributed by atoms with Crippen LogP contribution in [0.15, 0.2) is 34.8 Å². The zero-order valence-electron chi connectivity index (χ0n) is 11.3. The first kappa shape index (κ1) is 15.4. The summed E-state index contributed by atoms with van der Waals surface area (Å²) in [5.74, 6) is -1.27. The number of aryl methyl sites for hydroxylation is 2. The molecular formula is C15H12BrF2NO2. The number of ether oxygens (including phenoxy) is 1. The van der Waals surface area contributed by atoms with Crippen LogP contribution in [-0.4, -0.2) is 6.09 Å². The molecule has 0 saturated heterocycles. The summed E-state index contributed by atoms with van der Waals surface area (Å²) in [5.41, 5.74) is 1.84. The third-order valence-corrected chi connectivity index (χ3v) is 3.54. The fraction of sp³-hybridized carbons (Fsp3) is 0.133. The van der Waals surface area contributed by atoms with Gasteiger partial charge in [-0.05, 0) is 65.2 Å². The molecule has 0 radical (unpaired) electrons. The Hall–Kier alpha value is -1.95. The minimum atomic E-state index is -0.869. The molecule has 2 rings (SSSR count). The molecule has 0 fully saturated rings. The van der Waals surface area contributed by atoms with Crippen LogP contribution < -0.4 is 10.1 Å². The van der Waals surface area contributed by atoms with E-state index in [4.69, 9.17) is 4.74 Å². The second-order valence-corrected chi connectivity index (χ2v) is 5.36. The lowest BCUT2D eigenvalue weighted by atomic mass is 10.1. The fourth-order valence-electron chi connectivity index (χ4n) is 1.66. The molecule has 0 atom stereocenters. The van der Waals surface area contributed by atoms with Crippen molar-refractivity contribution in [3.05, 3.63) is 57.6 Å². The van der Waals surface area contributed by atoms with Crippen LogP contribution in [0.2, 0.25) is 0 Å². The Morgan fingerprint density at radius 1 is 1.14 bits per heavy atom. The van der Waals surface area contributed by atoms with E-state index in [2.05, 4.69) is 21.2 Å². The van der Waals surface area contributed by atoms with Gasteiger partial charge in [-0.25, -0.2) is 13.6 Å². The summed E-state index contributed by atoms with van der Waals surface area (Å²) in [4.78, 5) is 11.8. The maximum absolute atomic E-state index is 13.4. The summed E-state index contributed by atoms with van der Waals surface area (Å²) < 4.78 is 31.9.